The van der Waals surface area contributed by atoms with E-state index in [0.29, 0.717) is 10.6 Å². The van der Waals surface area contributed by atoms with Crippen LogP contribution in [0.25, 0.3) is 0 Å². The van der Waals surface area contributed by atoms with Crippen LogP contribution in [0.5, 0.6) is 0 Å². The van der Waals surface area contributed by atoms with Gasteiger partial charge in [-0.25, -0.2) is 13.2 Å². The van der Waals surface area contributed by atoms with Gasteiger partial charge in [0, 0.05) is 10.6 Å². The summed E-state index contributed by atoms with van der Waals surface area (Å²) in [4.78, 5) is 0.587. The molecule has 0 bridgehead atoms. The summed E-state index contributed by atoms with van der Waals surface area (Å²) in [5.41, 5.74) is 0.728. The summed E-state index contributed by atoms with van der Waals surface area (Å²) in [5, 5.41) is 0.0663. The van der Waals surface area contributed by atoms with Crippen LogP contribution in [0.3, 0.4) is 0 Å². The molecule has 0 N–H and O–H groups in total. The van der Waals surface area contributed by atoms with E-state index in [2.05, 4.69) is 0 Å². The molecule has 2 aromatic carbocycles. The van der Waals surface area contributed by atoms with E-state index >= 15 is 0 Å². The molecular formula is C13H8ClF3S. The fourth-order valence-corrected chi connectivity index (χ4v) is 2.34. The quantitative estimate of drug-likeness (QED) is 0.712. The maximum Gasteiger partial charge on any atom is 0.159 e. The van der Waals surface area contributed by atoms with Crippen molar-refractivity contribution in [2.45, 2.75) is 10.6 Å². The first-order valence-electron chi connectivity index (χ1n) is 5.08. The smallest absolute Gasteiger partial charge is 0.159 e. The predicted molar refractivity (Wildman–Crippen MR) is 67.3 cm³/mol. The Balaban J connectivity index is 2.06. The highest BCUT2D eigenvalue weighted by Gasteiger charge is 2.05. The van der Waals surface area contributed by atoms with Crippen molar-refractivity contribution in [2.75, 3.05) is 0 Å². The van der Waals surface area contributed by atoms with Gasteiger partial charge in [-0.2, -0.15) is 0 Å². The lowest BCUT2D eigenvalue weighted by molar-refractivity contribution is 0.506. The summed E-state index contributed by atoms with van der Waals surface area (Å²) < 4.78 is 38.8. The average Bonchev–Trinajstić information content (AvgIpc) is 2.35. The van der Waals surface area contributed by atoms with Crippen LogP contribution in [0.4, 0.5) is 13.2 Å². The van der Waals surface area contributed by atoms with Crippen LogP contribution in [0.1, 0.15) is 5.56 Å². The molecule has 0 aliphatic rings. The Hall–Kier alpha value is -1.13. The van der Waals surface area contributed by atoms with E-state index in [1.165, 1.54) is 30.0 Å². The molecule has 0 aromatic heterocycles. The zero-order chi connectivity index (χ0) is 13.1. The monoisotopic (exact) mass is 288 g/mol. The first-order chi connectivity index (χ1) is 8.56. The standard InChI is InChI=1S/C13H8ClF3S/c14-10-3-1-8(5-12(10)16)7-18-9-2-4-11(15)13(17)6-9/h1-6H,7H2. The molecule has 2 aromatic rings. The molecule has 0 fully saturated rings. The molecule has 0 heterocycles. The summed E-state index contributed by atoms with van der Waals surface area (Å²) in [6, 6.07) is 8.16. The van der Waals surface area contributed by atoms with Crippen LogP contribution < -0.4 is 0 Å². The maximum absolute atomic E-state index is 13.2. The normalized spacial score (nSPS) is 10.7. The van der Waals surface area contributed by atoms with Crippen LogP contribution in [0.2, 0.25) is 5.02 Å². The number of rotatable bonds is 3. The largest absolute Gasteiger partial charge is 0.205 e. The molecule has 94 valence electrons. The van der Waals surface area contributed by atoms with Crippen molar-refractivity contribution in [3.63, 3.8) is 0 Å². The van der Waals surface area contributed by atoms with E-state index < -0.39 is 17.5 Å². The van der Waals surface area contributed by atoms with Crippen molar-refractivity contribution >= 4 is 23.4 Å². The number of hydrogen-bond acceptors (Lipinski definition) is 1. The molecule has 0 unspecified atom stereocenters. The molecule has 0 atom stereocenters. The van der Waals surface area contributed by atoms with Crippen molar-refractivity contribution < 1.29 is 13.2 Å². The van der Waals surface area contributed by atoms with Crippen molar-refractivity contribution in [2.24, 2.45) is 0 Å². The zero-order valence-electron chi connectivity index (χ0n) is 9.09. The minimum absolute atomic E-state index is 0.0663. The zero-order valence-corrected chi connectivity index (χ0v) is 10.7. The van der Waals surface area contributed by atoms with Crippen molar-refractivity contribution in [1.82, 2.24) is 0 Å². The van der Waals surface area contributed by atoms with E-state index in [0.717, 1.165) is 17.7 Å². The van der Waals surface area contributed by atoms with Gasteiger partial charge in [0.25, 0.3) is 0 Å². The highest BCUT2D eigenvalue weighted by molar-refractivity contribution is 7.98. The third kappa shape index (κ3) is 3.21. The Kier molecular flexibility index (Phi) is 4.19. The fourth-order valence-electron chi connectivity index (χ4n) is 1.36. The predicted octanol–water partition coefficient (Wildman–Crippen LogP) is 5.05. The molecule has 0 nitrogen and oxygen atoms in total. The highest BCUT2D eigenvalue weighted by atomic mass is 35.5. The second-order valence-electron chi connectivity index (χ2n) is 3.61. The molecule has 0 radical (unpaired) electrons. The van der Waals surface area contributed by atoms with E-state index in [1.807, 2.05) is 0 Å². The van der Waals surface area contributed by atoms with Gasteiger partial charge in [0.05, 0.1) is 5.02 Å². The average molecular weight is 289 g/mol. The summed E-state index contributed by atoms with van der Waals surface area (Å²) in [5.74, 6) is -1.79. The molecular weight excluding hydrogens is 281 g/mol. The molecule has 0 aliphatic carbocycles. The Morgan fingerprint density at radius 3 is 2.33 bits per heavy atom. The molecule has 0 aliphatic heterocycles. The van der Waals surface area contributed by atoms with Crippen LogP contribution in [-0.4, -0.2) is 0 Å². The summed E-state index contributed by atoms with van der Waals surface area (Å²) in [6.45, 7) is 0. The van der Waals surface area contributed by atoms with Gasteiger partial charge >= 0.3 is 0 Å². The lowest BCUT2D eigenvalue weighted by Gasteiger charge is -2.03. The Bertz CT molecular complexity index is 521. The van der Waals surface area contributed by atoms with Crippen LogP contribution in [0.15, 0.2) is 41.3 Å². The fraction of sp³-hybridized carbons (Fsp3) is 0.0769. The SMILES string of the molecule is Fc1ccc(SCc2ccc(Cl)c(F)c2)cc1F. The molecule has 0 saturated heterocycles. The summed E-state index contributed by atoms with van der Waals surface area (Å²) in [6.07, 6.45) is 0. The van der Waals surface area contributed by atoms with Gasteiger partial charge in [-0.05, 0) is 35.9 Å². The summed E-state index contributed by atoms with van der Waals surface area (Å²) in [7, 11) is 0. The molecule has 18 heavy (non-hydrogen) atoms. The first-order valence-corrected chi connectivity index (χ1v) is 6.44. The molecule has 5 heteroatoms. The molecule has 0 saturated carbocycles. The highest BCUT2D eigenvalue weighted by Crippen LogP contribution is 2.25. The lowest BCUT2D eigenvalue weighted by Crippen LogP contribution is -1.86. The van der Waals surface area contributed by atoms with Gasteiger partial charge in [0.15, 0.2) is 11.6 Å². The molecule has 0 spiro atoms. The first kappa shape index (κ1) is 13.3. The topological polar surface area (TPSA) is 0 Å². The van der Waals surface area contributed by atoms with Crippen molar-refractivity contribution in [3.8, 4) is 0 Å². The second kappa shape index (κ2) is 5.67. The molecule has 0 amide bonds. The number of thioether (sulfide) groups is 1. The lowest BCUT2D eigenvalue weighted by atomic mass is 10.2. The van der Waals surface area contributed by atoms with Gasteiger partial charge < -0.3 is 0 Å². The van der Waals surface area contributed by atoms with Gasteiger partial charge in [-0.15, -0.1) is 11.8 Å². The van der Waals surface area contributed by atoms with Crippen LogP contribution >= 0.6 is 23.4 Å². The van der Waals surface area contributed by atoms with E-state index in [4.69, 9.17) is 11.6 Å². The van der Waals surface area contributed by atoms with Gasteiger partial charge in [0.2, 0.25) is 0 Å². The van der Waals surface area contributed by atoms with E-state index in [9.17, 15) is 13.2 Å². The minimum Gasteiger partial charge on any atom is -0.205 e. The van der Waals surface area contributed by atoms with Gasteiger partial charge in [-0.3, -0.25) is 0 Å². The second-order valence-corrected chi connectivity index (χ2v) is 5.07. The molecule has 2 rings (SSSR count). The minimum atomic E-state index is -0.887. The Labute approximate surface area is 112 Å². The third-order valence-corrected chi connectivity index (χ3v) is 3.65. The van der Waals surface area contributed by atoms with E-state index in [-0.39, 0.29) is 5.02 Å². The Morgan fingerprint density at radius 2 is 1.67 bits per heavy atom. The van der Waals surface area contributed by atoms with Gasteiger partial charge in [-0.1, -0.05) is 17.7 Å². The number of halogens is 4. The van der Waals surface area contributed by atoms with E-state index in [1.54, 1.807) is 6.07 Å². The summed E-state index contributed by atoms with van der Waals surface area (Å²) >= 11 is 6.86. The van der Waals surface area contributed by atoms with Crippen LogP contribution in [0, 0.1) is 17.5 Å². The van der Waals surface area contributed by atoms with Crippen LogP contribution in [-0.2, 0) is 5.75 Å². The number of hydrogen-bond donors (Lipinski definition) is 0. The van der Waals surface area contributed by atoms with Gasteiger partial charge in [0.1, 0.15) is 5.82 Å². The maximum atomic E-state index is 13.2. The Morgan fingerprint density at radius 1 is 0.889 bits per heavy atom. The van der Waals surface area contributed by atoms with Crippen molar-refractivity contribution in [1.29, 1.82) is 0 Å². The third-order valence-electron chi connectivity index (χ3n) is 2.28. The van der Waals surface area contributed by atoms with Crippen molar-refractivity contribution in [3.05, 3.63) is 64.4 Å². The number of benzene rings is 2.